The maximum absolute atomic E-state index is 12.1. The summed E-state index contributed by atoms with van der Waals surface area (Å²) in [4.78, 5) is 24.4. The van der Waals surface area contributed by atoms with Crippen molar-refractivity contribution in [2.24, 2.45) is 0 Å². The average molecular weight is 317 g/mol. The van der Waals surface area contributed by atoms with E-state index >= 15 is 0 Å². The first-order valence-electron chi connectivity index (χ1n) is 7.00. The van der Waals surface area contributed by atoms with E-state index in [0.29, 0.717) is 18.7 Å². The van der Waals surface area contributed by atoms with E-state index in [2.05, 4.69) is 5.32 Å². The lowest BCUT2D eigenvalue weighted by molar-refractivity contribution is -0.124. The van der Waals surface area contributed by atoms with Crippen molar-refractivity contribution in [2.75, 3.05) is 11.9 Å². The van der Waals surface area contributed by atoms with Gasteiger partial charge in [-0.2, -0.15) is 0 Å². The van der Waals surface area contributed by atoms with E-state index in [1.54, 1.807) is 6.07 Å². The summed E-state index contributed by atoms with van der Waals surface area (Å²) in [6.45, 7) is 0.572. The minimum absolute atomic E-state index is 0.130. The van der Waals surface area contributed by atoms with Crippen LogP contribution in [0.1, 0.15) is 22.5 Å². The topological polar surface area (TPSA) is 75.6 Å². The van der Waals surface area contributed by atoms with Gasteiger partial charge >= 0.3 is 5.97 Å². The van der Waals surface area contributed by atoms with Crippen molar-refractivity contribution >= 4 is 28.9 Å². The third-order valence-electron chi connectivity index (χ3n) is 3.46. The summed E-state index contributed by atoms with van der Waals surface area (Å²) in [5.74, 6) is -1.33. The van der Waals surface area contributed by atoms with Crippen LogP contribution in [0.2, 0.25) is 0 Å². The molecule has 1 aliphatic heterocycles. The molecule has 2 aromatic rings. The number of anilines is 1. The molecule has 114 valence electrons. The van der Waals surface area contributed by atoms with E-state index in [1.165, 1.54) is 0 Å². The van der Waals surface area contributed by atoms with Crippen LogP contribution >= 0.6 is 11.3 Å². The summed E-state index contributed by atoms with van der Waals surface area (Å²) in [6.07, 6.45) is 1.04. The number of hydrogen-bond donors (Lipinski definition) is 2. The Morgan fingerprint density at radius 3 is 2.68 bits per heavy atom. The quantitative estimate of drug-likeness (QED) is 0.908. The lowest BCUT2D eigenvalue weighted by atomic mass is 10.2. The molecule has 1 aliphatic rings. The fourth-order valence-electron chi connectivity index (χ4n) is 2.39. The highest BCUT2D eigenvalue weighted by Gasteiger charge is 2.26. The zero-order chi connectivity index (χ0) is 15.5. The van der Waals surface area contributed by atoms with E-state index in [4.69, 9.17) is 4.74 Å². The SMILES string of the molecule is O=C(O)c1sc(-c2ccccc2)cc1NC(=O)C1CCCO1. The summed E-state index contributed by atoms with van der Waals surface area (Å²) in [6, 6.07) is 11.2. The molecule has 2 heterocycles. The Kier molecular flexibility index (Phi) is 4.22. The van der Waals surface area contributed by atoms with Gasteiger partial charge in [0.15, 0.2) is 0 Å². The summed E-state index contributed by atoms with van der Waals surface area (Å²) < 4.78 is 5.32. The first-order valence-corrected chi connectivity index (χ1v) is 7.82. The second kappa shape index (κ2) is 6.29. The van der Waals surface area contributed by atoms with Crippen molar-refractivity contribution in [1.29, 1.82) is 0 Å². The zero-order valence-corrected chi connectivity index (χ0v) is 12.6. The maximum Gasteiger partial charge on any atom is 0.348 e. The van der Waals surface area contributed by atoms with E-state index in [-0.39, 0.29) is 10.8 Å². The lowest BCUT2D eigenvalue weighted by Gasteiger charge is -2.09. The third-order valence-corrected chi connectivity index (χ3v) is 4.64. The zero-order valence-electron chi connectivity index (χ0n) is 11.7. The molecule has 1 fully saturated rings. The molecule has 1 unspecified atom stereocenters. The Morgan fingerprint density at radius 1 is 1.27 bits per heavy atom. The van der Waals surface area contributed by atoms with Crippen LogP contribution in [0.25, 0.3) is 10.4 Å². The lowest BCUT2D eigenvalue weighted by Crippen LogP contribution is -2.27. The normalized spacial score (nSPS) is 17.4. The van der Waals surface area contributed by atoms with Crippen LogP contribution in [0.4, 0.5) is 5.69 Å². The Morgan fingerprint density at radius 2 is 2.05 bits per heavy atom. The first kappa shape index (κ1) is 14.7. The molecule has 0 radical (unpaired) electrons. The Balaban J connectivity index is 1.87. The second-order valence-electron chi connectivity index (χ2n) is 5.02. The Labute approximate surface area is 131 Å². The maximum atomic E-state index is 12.1. The predicted octanol–water partition coefficient (Wildman–Crippen LogP) is 3.23. The number of rotatable bonds is 4. The van der Waals surface area contributed by atoms with Crippen LogP contribution in [0.3, 0.4) is 0 Å². The highest BCUT2D eigenvalue weighted by Crippen LogP contribution is 2.35. The molecule has 0 saturated carbocycles. The molecule has 1 aromatic carbocycles. The van der Waals surface area contributed by atoms with Gasteiger partial charge in [-0.1, -0.05) is 30.3 Å². The fraction of sp³-hybridized carbons (Fsp3) is 0.250. The molecule has 1 amide bonds. The van der Waals surface area contributed by atoms with Crippen molar-refractivity contribution in [3.05, 3.63) is 41.3 Å². The van der Waals surface area contributed by atoms with E-state index in [0.717, 1.165) is 28.2 Å². The van der Waals surface area contributed by atoms with Gasteiger partial charge in [-0.05, 0) is 24.5 Å². The van der Waals surface area contributed by atoms with Gasteiger partial charge in [0, 0.05) is 11.5 Å². The van der Waals surface area contributed by atoms with Crippen LogP contribution in [-0.2, 0) is 9.53 Å². The summed E-state index contributed by atoms with van der Waals surface area (Å²) in [7, 11) is 0. The molecule has 22 heavy (non-hydrogen) atoms. The van der Waals surface area contributed by atoms with Crippen LogP contribution in [-0.4, -0.2) is 29.7 Å². The molecule has 1 saturated heterocycles. The summed E-state index contributed by atoms with van der Waals surface area (Å²) in [5, 5.41) is 12.0. The van der Waals surface area contributed by atoms with Gasteiger partial charge in [-0.15, -0.1) is 11.3 Å². The van der Waals surface area contributed by atoms with Crippen molar-refractivity contribution < 1.29 is 19.4 Å². The number of carbonyl (C=O) groups excluding carboxylic acids is 1. The minimum atomic E-state index is -1.05. The molecule has 1 atom stereocenters. The molecule has 0 bridgehead atoms. The smallest absolute Gasteiger partial charge is 0.348 e. The number of amides is 1. The minimum Gasteiger partial charge on any atom is -0.477 e. The summed E-state index contributed by atoms with van der Waals surface area (Å²) >= 11 is 1.15. The Bertz CT molecular complexity index is 689. The number of nitrogens with one attached hydrogen (secondary N) is 1. The van der Waals surface area contributed by atoms with Crippen LogP contribution < -0.4 is 5.32 Å². The van der Waals surface area contributed by atoms with Crippen LogP contribution in [0.15, 0.2) is 36.4 Å². The van der Waals surface area contributed by atoms with Gasteiger partial charge in [0.05, 0.1) is 5.69 Å². The van der Waals surface area contributed by atoms with Crippen LogP contribution in [0, 0.1) is 0 Å². The molecule has 6 heteroatoms. The van der Waals surface area contributed by atoms with E-state index in [1.807, 2.05) is 30.3 Å². The van der Waals surface area contributed by atoms with Crippen molar-refractivity contribution in [3.63, 3.8) is 0 Å². The van der Waals surface area contributed by atoms with Crippen molar-refractivity contribution in [3.8, 4) is 10.4 Å². The molecule has 5 nitrogen and oxygen atoms in total. The number of aromatic carboxylic acids is 1. The van der Waals surface area contributed by atoms with Gasteiger partial charge < -0.3 is 15.2 Å². The molecular weight excluding hydrogens is 302 g/mol. The number of ether oxygens (including phenoxy) is 1. The van der Waals surface area contributed by atoms with E-state index < -0.39 is 12.1 Å². The van der Waals surface area contributed by atoms with Gasteiger partial charge in [-0.3, -0.25) is 4.79 Å². The average Bonchev–Trinajstić information content (AvgIpc) is 3.17. The molecule has 0 aliphatic carbocycles. The molecule has 1 aromatic heterocycles. The number of hydrogen-bond acceptors (Lipinski definition) is 4. The molecule has 0 spiro atoms. The van der Waals surface area contributed by atoms with Gasteiger partial charge in [0.25, 0.3) is 5.91 Å². The summed E-state index contributed by atoms with van der Waals surface area (Å²) in [5.41, 5.74) is 1.25. The highest BCUT2D eigenvalue weighted by atomic mass is 32.1. The predicted molar refractivity (Wildman–Crippen MR) is 84.3 cm³/mol. The number of thiophene rings is 1. The third kappa shape index (κ3) is 3.03. The van der Waals surface area contributed by atoms with E-state index in [9.17, 15) is 14.7 Å². The largest absolute Gasteiger partial charge is 0.477 e. The second-order valence-corrected chi connectivity index (χ2v) is 6.07. The van der Waals surface area contributed by atoms with Gasteiger partial charge in [0.1, 0.15) is 11.0 Å². The molecule has 2 N–H and O–H groups in total. The van der Waals surface area contributed by atoms with Crippen molar-refractivity contribution in [1.82, 2.24) is 0 Å². The first-order chi connectivity index (χ1) is 10.6. The van der Waals surface area contributed by atoms with Crippen LogP contribution in [0.5, 0.6) is 0 Å². The molecule has 3 rings (SSSR count). The van der Waals surface area contributed by atoms with Crippen molar-refractivity contribution in [2.45, 2.75) is 18.9 Å². The monoisotopic (exact) mass is 317 g/mol. The highest BCUT2D eigenvalue weighted by molar-refractivity contribution is 7.18. The number of carboxylic acids is 1. The molecular formula is C16H15NO4S. The fourth-order valence-corrected chi connectivity index (χ4v) is 3.34. The number of benzene rings is 1. The number of carboxylic acid groups (broad SMARTS) is 1. The van der Waals surface area contributed by atoms with Gasteiger partial charge in [0.2, 0.25) is 0 Å². The Hall–Kier alpha value is -2.18. The standard InChI is InChI=1S/C16H15NO4S/c18-15(12-7-4-8-21-12)17-11-9-13(22-14(11)16(19)20)10-5-2-1-3-6-10/h1-3,5-6,9,12H,4,7-8H2,(H,17,18)(H,19,20). The van der Waals surface area contributed by atoms with Gasteiger partial charge in [-0.25, -0.2) is 4.79 Å². The number of carbonyl (C=O) groups is 2.